The molecule has 1 saturated carbocycles. The first-order chi connectivity index (χ1) is 9.08. The summed E-state index contributed by atoms with van der Waals surface area (Å²) in [6.45, 7) is 6.39. The largest absolute Gasteiger partial charge is 0.388 e. The number of rotatable bonds is 4. The lowest BCUT2D eigenvalue weighted by atomic mass is 9.84. The Morgan fingerprint density at radius 2 is 1.63 bits per heavy atom. The van der Waals surface area contributed by atoms with Crippen LogP contribution in [0.5, 0.6) is 0 Å². The first-order valence-electron chi connectivity index (χ1n) is 7.83. The molecule has 1 fully saturated rings. The highest BCUT2D eigenvalue weighted by molar-refractivity contribution is 5.37. The van der Waals surface area contributed by atoms with Crippen molar-refractivity contribution in [2.45, 2.75) is 71.8 Å². The van der Waals surface area contributed by atoms with Crippen LogP contribution in [0.25, 0.3) is 0 Å². The highest BCUT2D eigenvalue weighted by Crippen LogP contribution is 2.31. The Labute approximate surface area is 118 Å². The highest BCUT2D eigenvalue weighted by Gasteiger charge is 2.17. The average Bonchev–Trinajstić information content (AvgIpc) is 2.41. The van der Waals surface area contributed by atoms with Gasteiger partial charge < -0.3 is 5.11 Å². The standard InChI is InChI=1S/C18H28O/c1-13-11-15(3)17(12-14(13)2)18(19)10-9-16-7-5-4-6-8-16/h11-12,16,18-19H,4-10H2,1-3H3. The molecule has 0 heterocycles. The number of hydrogen-bond acceptors (Lipinski definition) is 1. The highest BCUT2D eigenvalue weighted by atomic mass is 16.3. The summed E-state index contributed by atoms with van der Waals surface area (Å²) in [5, 5.41) is 10.4. The van der Waals surface area contributed by atoms with Crippen LogP contribution in [0.3, 0.4) is 0 Å². The third-order valence-electron chi connectivity index (χ3n) is 4.81. The fourth-order valence-corrected chi connectivity index (χ4v) is 3.37. The van der Waals surface area contributed by atoms with Crippen molar-refractivity contribution >= 4 is 0 Å². The Bertz CT molecular complexity index is 416. The SMILES string of the molecule is Cc1cc(C)c(C(O)CCC2CCCCC2)cc1C. The molecule has 0 saturated heterocycles. The zero-order valence-corrected chi connectivity index (χ0v) is 12.7. The maximum Gasteiger partial charge on any atom is 0.0792 e. The Kier molecular flexibility index (Phi) is 5.04. The van der Waals surface area contributed by atoms with E-state index in [1.54, 1.807) is 0 Å². The predicted molar refractivity (Wildman–Crippen MR) is 81.4 cm³/mol. The molecular weight excluding hydrogens is 232 g/mol. The quantitative estimate of drug-likeness (QED) is 0.807. The second-order valence-electron chi connectivity index (χ2n) is 6.39. The normalized spacial score (nSPS) is 18.5. The fourth-order valence-electron chi connectivity index (χ4n) is 3.37. The number of hydrogen-bond donors (Lipinski definition) is 1. The van der Waals surface area contributed by atoms with Crippen molar-refractivity contribution in [2.24, 2.45) is 5.92 Å². The summed E-state index contributed by atoms with van der Waals surface area (Å²) < 4.78 is 0. The lowest BCUT2D eigenvalue weighted by Gasteiger charge is -2.23. The molecule has 1 aliphatic rings. The molecule has 1 aromatic carbocycles. The summed E-state index contributed by atoms with van der Waals surface area (Å²) in [6.07, 6.45) is 8.78. The van der Waals surface area contributed by atoms with Gasteiger partial charge in [0.1, 0.15) is 0 Å². The Balaban J connectivity index is 1.95. The molecule has 19 heavy (non-hydrogen) atoms. The second-order valence-corrected chi connectivity index (χ2v) is 6.39. The van der Waals surface area contributed by atoms with Crippen molar-refractivity contribution in [2.75, 3.05) is 0 Å². The molecule has 0 bridgehead atoms. The van der Waals surface area contributed by atoms with Gasteiger partial charge in [0.25, 0.3) is 0 Å². The summed E-state index contributed by atoms with van der Waals surface area (Å²) in [6, 6.07) is 4.38. The Hall–Kier alpha value is -0.820. The molecule has 0 amide bonds. The summed E-state index contributed by atoms with van der Waals surface area (Å²) in [4.78, 5) is 0. The first-order valence-corrected chi connectivity index (χ1v) is 7.83. The van der Waals surface area contributed by atoms with E-state index < -0.39 is 0 Å². The Morgan fingerprint density at radius 3 is 2.32 bits per heavy atom. The number of aryl methyl sites for hydroxylation is 3. The van der Waals surface area contributed by atoms with Crippen molar-refractivity contribution in [1.29, 1.82) is 0 Å². The van der Waals surface area contributed by atoms with E-state index in [4.69, 9.17) is 0 Å². The number of aliphatic hydroxyl groups excluding tert-OH is 1. The molecule has 1 atom stereocenters. The van der Waals surface area contributed by atoms with E-state index in [0.29, 0.717) is 0 Å². The van der Waals surface area contributed by atoms with Gasteiger partial charge in [-0.15, -0.1) is 0 Å². The maximum atomic E-state index is 10.4. The molecule has 1 nitrogen and oxygen atoms in total. The first kappa shape index (κ1) is 14.6. The Morgan fingerprint density at radius 1 is 1.00 bits per heavy atom. The van der Waals surface area contributed by atoms with Gasteiger partial charge in [0, 0.05) is 0 Å². The third kappa shape index (κ3) is 3.82. The van der Waals surface area contributed by atoms with Crippen LogP contribution < -0.4 is 0 Å². The van der Waals surface area contributed by atoms with E-state index in [0.717, 1.165) is 17.9 Å². The van der Waals surface area contributed by atoms with Crippen LogP contribution in [0.1, 0.15) is 73.3 Å². The van der Waals surface area contributed by atoms with Gasteiger partial charge in [0.05, 0.1) is 6.10 Å². The zero-order valence-electron chi connectivity index (χ0n) is 12.7. The third-order valence-corrected chi connectivity index (χ3v) is 4.81. The van der Waals surface area contributed by atoms with E-state index in [2.05, 4.69) is 32.9 Å². The van der Waals surface area contributed by atoms with Crippen molar-refractivity contribution in [3.8, 4) is 0 Å². The molecule has 1 heteroatoms. The zero-order chi connectivity index (χ0) is 13.8. The number of benzene rings is 1. The summed E-state index contributed by atoms with van der Waals surface area (Å²) in [5.74, 6) is 0.857. The van der Waals surface area contributed by atoms with Crippen LogP contribution >= 0.6 is 0 Å². The van der Waals surface area contributed by atoms with Gasteiger partial charge in [0.15, 0.2) is 0 Å². The second kappa shape index (κ2) is 6.56. The van der Waals surface area contributed by atoms with Crippen LogP contribution in [0.4, 0.5) is 0 Å². The molecule has 1 N–H and O–H groups in total. The summed E-state index contributed by atoms with van der Waals surface area (Å²) >= 11 is 0. The molecule has 0 aliphatic heterocycles. The molecule has 0 radical (unpaired) electrons. The molecule has 106 valence electrons. The van der Waals surface area contributed by atoms with E-state index in [1.807, 2.05) is 0 Å². The van der Waals surface area contributed by atoms with Crippen LogP contribution in [-0.4, -0.2) is 5.11 Å². The molecule has 1 aliphatic carbocycles. The van der Waals surface area contributed by atoms with Crippen LogP contribution in [0.15, 0.2) is 12.1 Å². The monoisotopic (exact) mass is 260 g/mol. The molecule has 0 aromatic heterocycles. The lowest BCUT2D eigenvalue weighted by molar-refractivity contribution is 0.150. The molecule has 2 rings (SSSR count). The van der Waals surface area contributed by atoms with E-state index in [-0.39, 0.29) is 6.10 Å². The average molecular weight is 260 g/mol. The van der Waals surface area contributed by atoms with Crippen molar-refractivity contribution in [3.63, 3.8) is 0 Å². The van der Waals surface area contributed by atoms with Gasteiger partial charge in [-0.1, -0.05) is 44.2 Å². The minimum Gasteiger partial charge on any atom is -0.388 e. The van der Waals surface area contributed by atoms with Crippen molar-refractivity contribution in [1.82, 2.24) is 0 Å². The smallest absolute Gasteiger partial charge is 0.0792 e. The van der Waals surface area contributed by atoms with E-state index in [1.165, 1.54) is 55.2 Å². The molecular formula is C18H28O. The van der Waals surface area contributed by atoms with Crippen LogP contribution in [0.2, 0.25) is 0 Å². The maximum absolute atomic E-state index is 10.4. The fraction of sp³-hybridized carbons (Fsp3) is 0.667. The van der Waals surface area contributed by atoms with E-state index >= 15 is 0 Å². The van der Waals surface area contributed by atoms with Crippen molar-refractivity contribution < 1.29 is 5.11 Å². The summed E-state index contributed by atoms with van der Waals surface area (Å²) in [5.41, 5.74) is 4.98. The van der Waals surface area contributed by atoms with Crippen LogP contribution in [0, 0.1) is 26.7 Å². The van der Waals surface area contributed by atoms with E-state index in [9.17, 15) is 5.11 Å². The number of aliphatic hydroxyl groups is 1. The molecule has 1 unspecified atom stereocenters. The van der Waals surface area contributed by atoms with Gasteiger partial charge in [-0.2, -0.15) is 0 Å². The topological polar surface area (TPSA) is 20.2 Å². The lowest BCUT2D eigenvalue weighted by Crippen LogP contribution is -2.09. The minimum atomic E-state index is -0.277. The predicted octanol–water partition coefficient (Wildman–Crippen LogP) is 5.01. The van der Waals surface area contributed by atoms with Crippen molar-refractivity contribution in [3.05, 3.63) is 34.4 Å². The summed E-state index contributed by atoms with van der Waals surface area (Å²) in [7, 11) is 0. The van der Waals surface area contributed by atoms with Gasteiger partial charge in [-0.25, -0.2) is 0 Å². The van der Waals surface area contributed by atoms with Gasteiger partial charge in [-0.05, 0) is 61.8 Å². The van der Waals surface area contributed by atoms with Gasteiger partial charge in [0.2, 0.25) is 0 Å². The van der Waals surface area contributed by atoms with Gasteiger partial charge in [-0.3, -0.25) is 0 Å². The molecule has 0 spiro atoms. The minimum absolute atomic E-state index is 0.277. The van der Waals surface area contributed by atoms with Crippen LogP contribution in [-0.2, 0) is 0 Å². The van der Waals surface area contributed by atoms with Gasteiger partial charge >= 0.3 is 0 Å². The molecule has 1 aromatic rings.